The second-order valence-corrected chi connectivity index (χ2v) is 7.17. The van der Waals surface area contributed by atoms with Gasteiger partial charge in [0.25, 0.3) is 0 Å². The van der Waals surface area contributed by atoms with Gasteiger partial charge in [0.05, 0.1) is 25.7 Å². The van der Waals surface area contributed by atoms with E-state index in [4.69, 9.17) is 4.74 Å². The number of methoxy groups -OCH3 is 1. The van der Waals surface area contributed by atoms with Crippen molar-refractivity contribution in [3.63, 3.8) is 0 Å². The molecule has 138 valence electrons. The molecule has 0 saturated heterocycles. The first-order valence-electron chi connectivity index (χ1n) is 8.99. The molecule has 0 radical (unpaired) electrons. The molecule has 1 atom stereocenters. The summed E-state index contributed by atoms with van der Waals surface area (Å²) in [4.78, 5) is 16.9. The van der Waals surface area contributed by atoms with Gasteiger partial charge in [-0.2, -0.15) is 0 Å². The Morgan fingerprint density at radius 3 is 2.69 bits per heavy atom. The fourth-order valence-electron chi connectivity index (χ4n) is 3.46. The summed E-state index contributed by atoms with van der Waals surface area (Å²) in [6.45, 7) is 4.05. The highest BCUT2D eigenvalue weighted by molar-refractivity contribution is 5.79. The van der Waals surface area contributed by atoms with Crippen molar-refractivity contribution in [3.05, 3.63) is 58.8 Å². The van der Waals surface area contributed by atoms with Crippen molar-refractivity contribution in [2.45, 2.75) is 45.3 Å². The van der Waals surface area contributed by atoms with Crippen LogP contribution in [0.4, 0.5) is 0 Å². The standard InChI is InChI=1S/C21H26N2O3/c1-13-4-5-14(2)16(8-13)11-19(25)23-21(17-9-18(24)10-17)15-6-7-20(26-3)22-12-15/h4-8,12,17-18,21,24H,9-11H2,1-3H3,(H,23,25). The van der Waals surface area contributed by atoms with Crippen molar-refractivity contribution < 1.29 is 14.6 Å². The number of hydrogen-bond donors (Lipinski definition) is 2. The van der Waals surface area contributed by atoms with Gasteiger partial charge in [-0.05, 0) is 49.3 Å². The number of carbonyl (C=O) groups excluding carboxylic acids is 1. The molecule has 0 bridgehead atoms. The third-order valence-corrected chi connectivity index (χ3v) is 5.12. The van der Waals surface area contributed by atoms with E-state index in [1.165, 1.54) is 0 Å². The Hall–Kier alpha value is -2.40. The van der Waals surface area contributed by atoms with E-state index in [1.807, 2.05) is 26.0 Å². The van der Waals surface area contributed by atoms with Crippen molar-refractivity contribution in [2.24, 2.45) is 5.92 Å². The predicted molar refractivity (Wildman–Crippen MR) is 100 cm³/mol. The molecule has 1 amide bonds. The molecular weight excluding hydrogens is 328 g/mol. The van der Waals surface area contributed by atoms with E-state index in [9.17, 15) is 9.90 Å². The van der Waals surface area contributed by atoms with Crippen LogP contribution in [0, 0.1) is 19.8 Å². The molecule has 0 aliphatic heterocycles. The van der Waals surface area contributed by atoms with E-state index in [0.29, 0.717) is 25.1 Å². The molecule has 1 saturated carbocycles. The van der Waals surface area contributed by atoms with Crippen molar-refractivity contribution in [3.8, 4) is 5.88 Å². The molecule has 5 nitrogen and oxygen atoms in total. The maximum absolute atomic E-state index is 12.7. The number of nitrogens with one attached hydrogen (secondary N) is 1. The van der Waals surface area contributed by atoms with Crippen LogP contribution >= 0.6 is 0 Å². The molecule has 26 heavy (non-hydrogen) atoms. The van der Waals surface area contributed by atoms with Gasteiger partial charge in [-0.1, -0.05) is 29.8 Å². The van der Waals surface area contributed by atoms with E-state index < -0.39 is 0 Å². The van der Waals surface area contributed by atoms with E-state index in [0.717, 1.165) is 22.3 Å². The first kappa shape index (κ1) is 18.4. The SMILES string of the molecule is COc1ccc(C(NC(=O)Cc2cc(C)ccc2C)C2CC(O)C2)cn1. The Kier molecular flexibility index (Phi) is 5.57. The van der Waals surface area contributed by atoms with E-state index in [-0.39, 0.29) is 24.0 Å². The third-order valence-electron chi connectivity index (χ3n) is 5.12. The largest absolute Gasteiger partial charge is 0.481 e. The van der Waals surface area contributed by atoms with Crippen LogP contribution < -0.4 is 10.1 Å². The number of aliphatic hydroxyl groups is 1. The second kappa shape index (κ2) is 7.87. The number of benzene rings is 1. The number of carbonyl (C=O) groups is 1. The fraction of sp³-hybridized carbons (Fsp3) is 0.429. The van der Waals surface area contributed by atoms with Gasteiger partial charge in [-0.25, -0.2) is 4.98 Å². The van der Waals surface area contributed by atoms with Crippen LogP contribution in [0.5, 0.6) is 5.88 Å². The fourth-order valence-corrected chi connectivity index (χ4v) is 3.46. The molecule has 1 heterocycles. The lowest BCUT2D eigenvalue weighted by Gasteiger charge is -2.38. The molecule has 3 rings (SSSR count). The smallest absolute Gasteiger partial charge is 0.224 e. The molecule has 2 aromatic rings. The average Bonchev–Trinajstić information content (AvgIpc) is 2.60. The summed E-state index contributed by atoms with van der Waals surface area (Å²) < 4.78 is 5.11. The molecule has 1 unspecified atom stereocenters. The van der Waals surface area contributed by atoms with Gasteiger partial charge in [-0.15, -0.1) is 0 Å². The Bertz CT molecular complexity index is 767. The quantitative estimate of drug-likeness (QED) is 0.837. The Labute approximate surface area is 154 Å². The van der Waals surface area contributed by atoms with Gasteiger partial charge < -0.3 is 15.2 Å². The molecule has 1 aromatic carbocycles. The Balaban J connectivity index is 1.74. The number of rotatable bonds is 6. The molecule has 2 N–H and O–H groups in total. The van der Waals surface area contributed by atoms with Crippen LogP contribution in [0.3, 0.4) is 0 Å². The molecule has 0 spiro atoms. The summed E-state index contributed by atoms with van der Waals surface area (Å²) in [7, 11) is 1.58. The van der Waals surface area contributed by atoms with Crippen LogP contribution in [0.1, 0.15) is 41.1 Å². The van der Waals surface area contributed by atoms with Crippen molar-refractivity contribution in [2.75, 3.05) is 7.11 Å². The van der Waals surface area contributed by atoms with Crippen LogP contribution in [0.2, 0.25) is 0 Å². The summed E-state index contributed by atoms with van der Waals surface area (Å²) in [6, 6.07) is 9.75. The first-order chi connectivity index (χ1) is 12.5. The Morgan fingerprint density at radius 1 is 1.31 bits per heavy atom. The van der Waals surface area contributed by atoms with Gasteiger partial charge in [0.15, 0.2) is 0 Å². The Morgan fingerprint density at radius 2 is 2.08 bits per heavy atom. The number of pyridine rings is 1. The number of aliphatic hydroxyl groups excluding tert-OH is 1. The minimum atomic E-state index is -0.273. The lowest BCUT2D eigenvalue weighted by Crippen LogP contribution is -2.42. The highest BCUT2D eigenvalue weighted by atomic mass is 16.5. The molecule has 1 fully saturated rings. The maximum Gasteiger partial charge on any atom is 0.224 e. The van der Waals surface area contributed by atoms with Gasteiger partial charge in [0.2, 0.25) is 11.8 Å². The van der Waals surface area contributed by atoms with Gasteiger partial charge in [-0.3, -0.25) is 4.79 Å². The zero-order valence-corrected chi connectivity index (χ0v) is 15.5. The summed E-state index contributed by atoms with van der Waals surface area (Å²) in [5.41, 5.74) is 4.25. The predicted octanol–water partition coefficient (Wildman–Crippen LogP) is 2.88. The second-order valence-electron chi connectivity index (χ2n) is 7.17. The van der Waals surface area contributed by atoms with Crippen LogP contribution in [0.15, 0.2) is 36.5 Å². The number of aryl methyl sites for hydroxylation is 2. The number of amides is 1. The topological polar surface area (TPSA) is 71.5 Å². The van der Waals surface area contributed by atoms with Crippen LogP contribution in [0.25, 0.3) is 0 Å². The van der Waals surface area contributed by atoms with Gasteiger partial charge >= 0.3 is 0 Å². The number of nitrogens with zero attached hydrogens (tertiary/aromatic N) is 1. The number of aromatic nitrogens is 1. The monoisotopic (exact) mass is 354 g/mol. The van der Waals surface area contributed by atoms with Crippen molar-refractivity contribution in [1.82, 2.24) is 10.3 Å². The summed E-state index contributed by atoms with van der Waals surface area (Å²) in [6.07, 6.45) is 3.21. The summed E-state index contributed by atoms with van der Waals surface area (Å²) in [5.74, 6) is 0.756. The molecule has 1 aliphatic carbocycles. The highest BCUT2D eigenvalue weighted by Gasteiger charge is 2.35. The highest BCUT2D eigenvalue weighted by Crippen LogP contribution is 2.38. The molecule has 1 aliphatic rings. The lowest BCUT2D eigenvalue weighted by molar-refractivity contribution is -0.122. The third kappa shape index (κ3) is 4.22. The van der Waals surface area contributed by atoms with E-state index >= 15 is 0 Å². The molecule has 1 aromatic heterocycles. The number of ether oxygens (including phenoxy) is 1. The van der Waals surface area contributed by atoms with Gasteiger partial charge in [0, 0.05) is 12.3 Å². The average molecular weight is 354 g/mol. The maximum atomic E-state index is 12.7. The van der Waals surface area contributed by atoms with Crippen molar-refractivity contribution >= 4 is 5.91 Å². The summed E-state index contributed by atoms with van der Waals surface area (Å²) in [5, 5.41) is 12.8. The zero-order chi connectivity index (χ0) is 18.7. The van der Waals surface area contributed by atoms with Gasteiger partial charge in [0.1, 0.15) is 0 Å². The molecular formula is C21H26N2O3. The number of hydrogen-bond acceptors (Lipinski definition) is 4. The van der Waals surface area contributed by atoms with Crippen molar-refractivity contribution in [1.29, 1.82) is 0 Å². The molecule has 5 heteroatoms. The lowest BCUT2D eigenvalue weighted by atomic mass is 9.75. The summed E-state index contributed by atoms with van der Waals surface area (Å²) >= 11 is 0. The van der Waals surface area contributed by atoms with Crippen LogP contribution in [-0.2, 0) is 11.2 Å². The minimum Gasteiger partial charge on any atom is -0.481 e. The van der Waals surface area contributed by atoms with E-state index in [1.54, 1.807) is 19.4 Å². The zero-order valence-electron chi connectivity index (χ0n) is 15.5. The van der Waals surface area contributed by atoms with Crippen LogP contribution in [-0.4, -0.2) is 29.2 Å². The normalized spacial score (nSPS) is 20.2. The minimum absolute atomic E-state index is 0.0130. The van der Waals surface area contributed by atoms with E-state index in [2.05, 4.69) is 22.4 Å². The first-order valence-corrected chi connectivity index (χ1v) is 8.99.